The number of ether oxygens (including phenoxy) is 2. The van der Waals surface area contributed by atoms with Crippen LogP contribution in [0.15, 0.2) is 29.1 Å². The van der Waals surface area contributed by atoms with Crippen LogP contribution in [0.4, 0.5) is 0 Å². The lowest BCUT2D eigenvalue weighted by molar-refractivity contribution is 0.292. The minimum atomic E-state index is 0.673. The van der Waals surface area contributed by atoms with Gasteiger partial charge in [-0.3, -0.25) is 0 Å². The zero-order chi connectivity index (χ0) is 15.1. The van der Waals surface area contributed by atoms with Crippen molar-refractivity contribution in [3.8, 4) is 11.5 Å². The number of methoxy groups -OCH3 is 1. The summed E-state index contributed by atoms with van der Waals surface area (Å²) in [5, 5.41) is 3.36. The molecule has 0 amide bonds. The molecule has 21 heavy (non-hydrogen) atoms. The number of hydrogen-bond acceptors (Lipinski definition) is 4. The second kappa shape index (κ2) is 8.05. The Morgan fingerprint density at radius 2 is 2.19 bits per heavy atom. The van der Waals surface area contributed by atoms with E-state index in [1.165, 1.54) is 0 Å². The molecule has 1 aromatic heterocycles. The summed E-state index contributed by atoms with van der Waals surface area (Å²) in [6.07, 6.45) is 4.45. The average molecular weight is 354 g/mol. The van der Waals surface area contributed by atoms with Gasteiger partial charge >= 0.3 is 0 Å². The predicted molar refractivity (Wildman–Crippen MR) is 85.6 cm³/mol. The van der Waals surface area contributed by atoms with E-state index in [0.29, 0.717) is 6.61 Å². The Labute approximate surface area is 133 Å². The van der Waals surface area contributed by atoms with Gasteiger partial charge in [-0.2, -0.15) is 0 Å². The van der Waals surface area contributed by atoms with Crippen LogP contribution in [-0.4, -0.2) is 23.7 Å². The van der Waals surface area contributed by atoms with Crippen LogP contribution < -0.4 is 14.8 Å². The van der Waals surface area contributed by atoms with Crippen LogP contribution in [0.25, 0.3) is 0 Å². The van der Waals surface area contributed by atoms with Crippen LogP contribution >= 0.6 is 15.9 Å². The van der Waals surface area contributed by atoms with E-state index in [0.717, 1.165) is 46.7 Å². The standard InChI is InChI=1S/C15H20BrN3O2/c1-3-4-21-15-13(16)5-11(6-14(15)20-2)7-17-8-12-9-18-10-19-12/h5-6,9-10,17H,3-4,7-8H2,1-2H3,(H,18,19). The van der Waals surface area contributed by atoms with Gasteiger partial charge in [0.25, 0.3) is 0 Å². The first-order chi connectivity index (χ1) is 10.2. The molecule has 1 aromatic carbocycles. The Morgan fingerprint density at radius 1 is 1.33 bits per heavy atom. The summed E-state index contributed by atoms with van der Waals surface area (Å²) in [5.74, 6) is 1.51. The maximum atomic E-state index is 5.72. The lowest BCUT2D eigenvalue weighted by Crippen LogP contribution is -2.13. The molecule has 0 unspecified atom stereocenters. The van der Waals surface area contributed by atoms with Gasteiger partial charge in [0.05, 0.1) is 24.5 Å². The van der Waals surface area contributed by atoms with Crippen molar-refractivity contribution in [2.45, 2.75) is 26.4 Å². The van der Waals surface area contributed by atoms with E-state index < -0.39 is 0 Å². The molecule has 0 aliphatic rings. The molecule has 2 rings (SSSR count). The molecule has 5 nitrogen and oxygen atoms in total. The van der Waals surface area contributed by atoms with E-state index in [4.69, 9.17) is 9.47 Å². The molecule has 0 radical (unpaired) electrons. The number of nitrogens with zero attached hydrogens (tertiary/aromatic N) is 1. The highest BCUT2D eigenvalue weighted by Crippen LogP contribution is 2.36. The number of rotatable bonds is 8. The number of benzene rings is 1. The molecule has 114 valence electrons. The molecule has 0 fully saturated rings. The second-order valence-electron chi connectivity index (χ2n) is 4.64. The number of halogens is 1. The lowest BCUT2D eigenvalue weighted by Gasteiger charge is -2.14. The number of nitrogens with one attached hydrogen (secondary N) is 2. The highest BCUT2D eigenvalue weighted by molar-refractivity contribution is 9.10. The zero-order valence-corrected chi connectivity index (χ0v) is 13.9. The number of H-pyrrole nitrogens is 1. The molecule has 2 N–H and O–H groups in total. The van der Waals surface area contributed by atoms with Crippen LogP contribution in [0.5, 0.6) is 11.5 Å². The maximum Gasteiger partial charge on any atom is 0.175 e. The van der Waals surface area contributed by atoms with Crippen molar-refractivity contribution in [2.24, 2.45) is 0 Å². The molecule has 1 heterocycles. The maximum absolute atomic E-state index is 5.72. The molecule has 0 aliphatic carbocycles. The minimum Gasteiger partial charge on any atom is -0.493 e. The van der Waals surface area contributed by atoms with Gasteiger partial charge < -0.3 is 19.8 Å². The summed E-state index contributed by atoms with van der Waals surface area (Å²) in [6.45, 7) is 4.23. The van der Waals surface area contributed by atoms with E-state index >= 15 is 0 Å². The van der Waals surface area contributed by atoms with Crippen LogP contribution in [0, 0.1) is 0 Å². The molecule has 0 spiro atoms. The summed E-state index contributed by atoms with van der Waals surface area (Å²) < 4.78 is 12.0. The van der Waals surface area contributed by atoms with E-state index in [1.54, 1.807) is 13.4 Å². The third-order valence-electron chi connectivity index (χ3n) is 2.94. The van der Waals surface area contributed by atoms with E-state index in [-0.39, 0.29) is 0 Å². The van der Waals surface area contributed by atoms with Crippen molar-refractivity contribution < 1.29 is 9.47 Å². The average Bonchev–Trinajstić information content (AvgIpc) is 2.99. The zero-order valence-electron chi connectivity index (χ0n) is 12.3. The van der Waals surface area contributed by atoms with Crippen molar-refractivity contribution in [2.75, 3.05) is 13.7 Å². The monoisotopic (exact) mass is 353 g/mol. The fraction of sp³-hybridized carbons (Fsp3) is 0.400. The highest BCUT2D eigenvalue weighted by Gasteiger charge is 2.11. The Kier molecular flexibility index (Phi) is 6.07. The summed E-state index contributed by atoms with van der Waals surface area (Å²) in [4.78, 5) is 7.05. The predicted octanol–water partition coefficient (Wildman–Crippen LogP) is 3.26. The molecule has 0 saturated heterocycles. The fourth-order valence-electron chi connectivity index (χ4n) is 1.94. The van der Waals surface area contributed by atoms with Gasteiger partial charge in [0.2, 0.25) is 0 Å². The smallest absolute Gasteiger partial charge is 0.175 e. The first-order valence-electron chi connectivity index (χ1n) is 6.91. The molecule has 0 saturated carbocycles. The minimum absolute atomic E-state index is 0.673. The summed E-state index contributed by atoms with van der Waals surface area (Å²) in [7, 11) is 1.66. The normalized spacial score (nSPS) is 10.6. The quantitative estimate of drug-likeness (QED) is 0.764. The molecule has 0 bridgehead atoms. The highest BCUT2D eigenvalue weighted by atomic mass is 79.9. The van der Waals surface area contributed by atoms with Crippen molar-refractivity contribution in [1.82, 2.24) is 15.3 Å². The molecule has 6 heteroatoms. The molecular formula is C15H20BrN3O2. The van der Waals surface area contributed by atoms with Crippen molar-refractivity contribution in [3.05, 3.63) is 40.4 Å². The van der Waals surface area contributed by atoms with Crippen molar-refractivity contribution >= 4 is 15.9 Å². The Morgan fingerprint density at radius 3 is 2.86 bits per heavy atom. The molecular weight excluding hydrogens is 334 g/mol. The van der Waals surface area contributed by atoms with Crippen LogP contribution in [0.2, 0.25) is 0 Å². The first-order valence-corrected chi connectivity index (χ1v) is 7.71. The third-order valence-corrected chi connectivity index (χ3v) is 3.53. The molecule has 2 aromatic rings. The van der Waals surface area contributed by atoms with Gasteiger partial charge in [-0.25, -0.2) is 4.98 Å². The Balaban J connectivity index is 2.01. The van der Waals surface area contributed by atoms with Crippen LogP contribution in [0.3, 0.4) is 0 Å². The fourth-order valence-corrected chi connectivity index (χ4v) is 2.55. The second-order valence-corrected chi connectivity index (χ2v) is 5.49. The Bertz CT molecular complexity index is 558. The van der Waals surface area contributed by atoms with E-state index in [9.17, 15) is 0 Å². The number of aromatic nitrogens is 2. The first kappa shape index (κ1) is 15.9. The number of imidazole rings is 1. The third kappa shape index (κ3) is 4.47. The van der Waals surface area contributed by atoms with Gasteiger partial charge in [-0.05, 0) is 40.0 Å². The SMILES string of the molecule is CCCOc1c(Br)cc(CNCc2cnc[nH]2)cc1OC. The summed E-state index contributed by atoms with van der Waals surface area (Å²) in [5.41, 5.74) is 2.19. The van der Waals surface area contributed by atoms with Gasteiger partial charge in [0, 0.05) is 25.0 Å². The van der Waals surface area contributed by atoms with Crippen molar-refractivity contribution in [1.29, 1.82) is 0 Å². The summed E-state index contributed by atoms with van der Waals surface area (Å²) >= 11 is 3.55. The Hall–Kier alpha value is -1.53. The topological polar surface area (TPSA) is 59.2 Å². The molecule has 0 aliphatic heterocycles. The van der Waals surface area contributed by atoms with Gasteiger partial charge in [0.1, 0.15) is 0 Å². The van der Waals surface area contributed by atoms with Gasteiger partial charge in [-0.1, -0.05) is 6.92 Å². The van der Waals surface area contributed by atoms with E-state index in [2.05, 4.69) is 38.1 Å². The van der Waals surface area contributed by atoms with Gasteiger partial charge in [0.15, 0.2) is 11.5 Å². The van der Waals surface area contributed by atoms with Crippen LogP contribution in [0.1, 0.15) is 24.6 Å². The number of hydrogen-bond donors (Lipinski definition) is 2. The summed E-state index contributed by atoms with van der Waals surface area (Å²) in [6, 6.07) is 4.04. The lowest BCUT2D eigenvalue weighted by atomic mass is 10.2. The van der Waals surface area contributed by atoms with E-state index in [1.807, 2.05) is 18.3 Å². The van der Waals surface area contributed by atoms with Crippen molar-refractivity contribution in [3.63, 3.8) is 0 Å². The van der Waals surface area contributed by atoms with Crippen LogP contribution in [-0.2, 0) is 13.1 Å². The molecule has 0 atom stereocenters. The van der Waals surface area contributed by atoms with Gasteiger partial charge in [-0.15, -0.1) is 0 Å². The largest absolute Gasteiger partial charge is 0.493 e. The number of aromatic amines is 1.